The molecule has 0 saturated carbocycles. The van der Waals surface area contributed by atoms with Gasteiger partial charge in [-0.25, -0.2) is 9.97 Å². The van der Waals surface area contributed by atoms with Crippen molar-refractivity contribution >= 4 is 0 Å². The molecule has 156 valence electrons. The molecule has 3 aromatic rings. The summed E-state index contributed by atoms with van der Waals surface area (Å²) in [7, 11) is 0. The summed E-state index contributed by atoms with van der Waals surface area (Å²) >= 11 is 0. The second-order valence-corrected chi connectivity index (χ2v) is 7.05. The fourth-order valence-electron chi connectivity index (χ4n) is 3.81. The number of benzene rings is 2. The second kappa shape index (κ2) is 7.70. The summed E-state index contributed by atoms with van der Waals surface area (Å²) in [5, 5.41) is 19.9. The summed E-state index contributed by atoms with van der Waals surface area (Å²) in [4.78, 5) is 7.96. The number of aliphatic hydroxyl groups excluding tert-OH is 1. The van der Waals surface area contributed by atoms with E-state index in [0.29, 0.717) is 29.5 Å². The van der Waals surface area contributed by atoms with Crippen LogP contribution in [-0.2, 0) is 5.60 Å². The molecule has 0 bridgehead atoms. The van der Waals surface area contributed by atoms with Crippen molar-refractivity contribution in [3.05, 3.63) is 66.2 Å². The molecule has 2 N–H and O–H groups in total. The lowest BCUT2D eigenvalue weighted by atomic mass is 9.89. The molecule has 1 atom stereocenters. The number of rotatable bonds is 6. The Morgan fingerprint density at radius 1 is 0.967 bits per heavy atom. The Morgan fingerprint density at radius 2 is 1.70 bits per heavy atom. The molecule has 8 heteroatoms. The number of halogens is 3. The van der Waals surface area contributed by atoms with Gasteiger partial charge in [0.15, 0.2) is 0 Å². The van der Waals surface area contributed by atoms with Crippen molar-refractivity contribution in [1.29, 1.82) is 0 Å². The Morgan fingerprint density at radius 3 is 2.40 bits per heavy atom. The first-order chi connectivity index (χ1) is 14.4. The summed E-state index contributed by atoms with van der Waals surface area (Å²) in [5.74, 6) is 0.195. The van der Waals surface area contributed by atoms with Crippen molar-refractivity contribution in [3.8, 4) is 28.0 Å². The van der Waals surface area contributed by atoms with Crippen LogP contribution >= 0.6 is 0 Å². The zero-order valence-corrected chi connectivity index (χ0v) is 15.9. The average molecular weight is 416 g/mol. The topological polar surface area (TPSA) is 75.5 Å². The number of hydrogen-bond acceptors (Lipinski definition) is 5. The van der Waals surface area contributed by atoms with Crippen LogP contribution in [0.25, 0.3) is 22.3 Å². The van der Waals surface area contributed by atoms with E-state index < -0.39 is 11.8 Å². The smallest absolute Gasteiger partial charge is 0.425 e. The van der Waals surface area contributed by atoms with E-state index >= 15 is 0 Å². The van der Waals surface area contributed by atoms with Crippen molar-refractivity contribution < 1.29 is 28.1 Å². The van der Waals surface area contributed by atoms with Gasteiger partial charge in [-0.3, -0.25) is 0 Å². The number of hydrogen-bond donors (Lipinski definition) is 2. The Hall–Kier alpha value is -2.97. The standard InChI is InChI=1S/C22H19F3N2O3/c23-22(24,25)21(29)18-6-2-1-5-16(18)20-17(14-11-26-13-27-12-14)9-15(10-19(20)21)30-8-4-3-7-28/h1-2,5-6,9-13,28-29H,3-4,7-8H2. The molecule has 30 heavy (non-hydrogen) atoms. The quantitative estimate of drug-likeness (QED) is 0.593. The van der Waals surface area contributed by atoms with E-state index in [0.717, 1.165) is 0 Å². The molecule has 2 aromatic carbocycles. The number of nitrogens with zero attached hydrogens (tertiary/aromatic N) is 2. The molecule has 1 aliphatic carbocycles. The molecule has 0 fully saturated rings. The van der Waals surface area contributed by atoms with Gasteiger partial charge in [-0.15, -0.1) is 0 Å². The molecule has 4 rings (SSSR count). The van der Waals surface area contributed by atoms with E-state index in [1.54, 1.807) is 18.2 Å². The molecule has 0 saturated heterocycles. The lowest BCUT2D eigenvalue weighted by Gasteiger charge is -2.28. The molecule has 1 heterocycles. The van der Waals surface area contributed by atoms with Crippen LogP contribution in [-0.4, -0.2) is 39.6 Å². The molecular formula is C22H19F3N2O3. The highest BCUT2D eigenvalue weighted by Gasteiger charge is 2.61. The second-order valence-electron chi connectivity index (χ2n) is 7.05. The van der Waals surface area contributed by atoms with Gasteiger partial charge < -0.3 is 14.9 Å². The number of aliphatic hydroxyl groups is 2. The summed E-state index contributed by atoms with van der Waals surface area (Å²) < 4.78 is 48.2. The first-order valence-corrected chi connectivity index (χ1v) is 9.44. The van der Waals surface area contributed by atoms with Crippen LogP contribution in [0.15, 0.2) is 55.1 Å². The van der Waals surface area contributed by atoms with Crippen LogP contribution in [0.1, 0.15) is 24.0 Å². The fourth-order valence-corrected chi connectivity index (χ4v) is 3.81. The van der Waals surface area contributed by atoms with Gasteiger partial charge in [-0.05, 0) is 41.7 Å². The first-order valence-electron chi connectivity index (χ1n) is 9.44. The molecule has 1 aliphatic rings. The molecule has 0 aliphatic heterocycles. The molecular weight excluding hydrogens is 397 g/mol. The number of ether oxygens (including phenoxy) is 1. The Kier molecular flexibility index (Phi) is 5.21. The van der Waals surface area contributed by atoms with Crippen molar-refractivity contribution in [1.82, 2.24) is 9.97 Å². The van der Waals surface area contributed by atoms with E-state index in [4.69, 9.17) is 9.84 Å². The van der Waals surface area contributed by atoms with E-state index in [1.165, 1.54) is 36.9 Å². The van der Waals surface area contributed by atoms with Crippen molar-refractivity contribution in [2.24, 2.45) is 0 Å². The van der Waals surface area contributed by atoms with Crippen molar-refractivity contribution in [2.75, 3.05) is 13.2 Å². The van der Waals surface area contributed by atoms with E-state index in [9.17, 15) is 18.3 Å². The minimum absolute atomic E-state index is 0.00326. The predicted octanol–water partition coefficient (Wildman–Crippen LogP) is 4.07. The van der Waals surface area contributed by atoms with Gasteiger partial charge in [0.1, 0.15) is 12.1 Å². The maximum absolute atomic E-state index is 14.2. The van der Waals surface area contributed by atoms with Crippen LogP contribution in [0.3, 0.4) is 0 Å². The Balaban J connectivity index is 1.95. The summed E-state index contributed by atoms with van der Waals surface area (Å²) in [6.07, 6.45) is 0.466. The van der Waals surface area contributed by atoms with Gasteiger partial charge in [0.2, 0.25) is 5.60 Å². The third-order valence-electron chi connectivity index (χ3n) is 5.19. The zero-order valence-electron chi connectivity index (χ0n) is 15.9. The normalized spacial score (nSPS) is 17.5. The molecule has 1 aromatic heterocycles. The van der Waals surface area contributed by atoms with E-state index in [1.807, 2.05) is 0 Å². The molecule has 0 amide bonds. The maximum atomic E-state index is 14.2. The highest BCUT2D eigenvalue weighted by Crippen LogP contribution is 2.58. The third kappa shape index (κ3) is 3.22. The number of alkyl halides is 3. The average Bonchev–Trinajstić information content (AvgIpc) is 3.01. The number of unbranched alkanes of at least 4 members (excludes halogenated alkanes) is 1. The SMILES string of the molecule is OCCCCOc1cc(-c2cncnc2)c2c(c1)C(O)(C(F)(F)F)c1ccccc1-2. The van der Waals surface area contributed by atoms with Gasteiger partial charge in [0.05, 0.1) is 6.61 Å². The monoisotopic (exact) mass is 416 g/mol. The van der Waals surface area contributed by atoms with Crippen LogP contribution in [0.2, 0.25) is 0 Å². The molecule has 0 spiro atoms. The fraction of sp³-hybridized carbons (Fsp3) is 0.273. The predicted molar refractivity (Wildman–Crippen MR) is 104 cm³/mol. The van der Waals surface area contributed by atoms with Crippen molar-refractivity contribution in [3.63, 3.8) is 0 Å². The van der Waals surface area contributed by atoms with Crippen LogP contribution < -0.4 is 4.74 Å². The van der Waals surface area contributed by atoms with Crippen molar-refractivity contribution in [2.45, 2.75) is 24.6 Å². The minimum atomic E-state index is -4.94. The summed E-state index contributed by atoms with van der Waals surface area (Å²) in [6, 6.07) is 8.83. The number of fused-ring (bicyclic) bond motifs is 3. The van der Waals surface area contributed by atoms with Crippen LogP contribution in [0, 0.1) is 0 Å². The zero-order chi connectivity index (χ0) is 21.4. The minimum Gasteiger partial charge on any atom is -0.494 e. The Bertz CT molecular complexity index is 1060. The lowest BCUT2D eigenvalue weighted by molar-refractivity contribution is -0.246. The van der Waals surface area contributed by atoms with Crippen LogP contribution in [0.5, 0.6) is 5.75 Å². The van der Waals surface area contributed by atoms with Gasteiger partial charge >= 0.3 is 6.18 Å². The maximum Gasteiger partial charge on any atom is 0.425 e. The van der Waals surface area contributed by atoms with Gasteiger partial charge in [0, 0.05) is 35.7 Å². The van der Waals surface area contributed by atoms with E-state index in [2.05, 4.69) is 9.97 Å². The van der Waals surface area contributed by atoms with E-state index in [-0.39, 0.29) is 35.7 Å². The third-order valence-corrected chi connectivity index (χ3v) is 5.19. The lowest BCUT2D eigenvalue weighted by Crippen LogP contribution is -2.41. The summed E-state index contributed by atoms with van der Waals surface area (Å²) in [6.45, 7) is 0.227. The Labute approximate surface area is 170 Å². The highest BCUT2D eigenvalue weighted by molar-refractivity contribution is 5.93. The molecule has 5 nitrogen and oxygen atoms in total. The highest BCUT2D eigenvalue weighted by atomic mass is 19.4. The largest absolute Gasteiger partial charge is 0.494 e. The first kappa shape index (κ1) is 20.3. The number of aromatic nitrogens is 2. The van der Waals surface area contributed by atoms with Crippen LogP contribution in [0.4, 0.5) is 13.2 Å². The van der Waals surface area contributed by atoms with Gasteiger partial charge in [-0.2, -0.15) is 13.2 Å². The van der Waals surface area contributed by atoms with Gasteiger partial charge in [0.25, 0.3) is 0 Å². The summed E-state index contributed by atoms with van der Waals surface area (Å²) in [5.41, 5.74) is -2.12. The van der Waals surface area contributed by atoms with Gasteiger partial charge in [-0.1, -0.05) is 24.3 Å². The molecule has 0 radical (unpaired) electrons. The molecule has 1 unspecified atom stereocenters.